The molecule has 0 spiro atoms. The fourth-order valence-electron chi connectivity index (χ4n) is 2.41. The van der Waals surface area contributed by atoms with Gasteiger partial charge in [-0.1, -0.05) is 0 Å². The Kier molecular flexibility index (Phi) is 4.15. The lowest BCUT2D eigenvalue weighted by atomic mass is 9.93. The number of pyridine rings is 1. The molecule has 1 unspecified atom stereocenters. The third kappa shape index (κ3) is 2.92. The Labute approximate surface area is 140 Å². The molecule has 3 rings (SSSR count). The van der Waals surface area contributed by atoms with Crippen molar-refractivity contribution in [2.75, 3.05) is 12.4 Å². The summed E-state index contributed by atoms with van der Waals surface area (Å²) in [5.74, 6) is -4.90. The van der Waals surface area contributed by atoms with Crippen LogP contribution in [0.5, 0.6) is 5.88 Å². The van der Waals surface area contributed by atoms with Gasteiger partial charge in [0.1, 0.15) is 5.82 Å². The van der Waals surface area contributed by atoms with Crippen LogP contribution in [0, 0.1) is 5.82 Å². The summed E-state index contributed by atoms with van der Waals surface area (Å²) in [6, 6.07) is 7.56. The first-order chi connectivity index (χ1) is 11.9. The second kappa shape index (κ2) is 6.29. The quantitative estimate of drug-likeness (QED) is 0.493. The Balaban J connectivity index is 2.00. The average Bonchev–Trinajstić information content (AvgIpc) is 2.61. The van der Waals surface area contributed by atoms with Crippen LogP contribution >= 0.6 is 0 Å². The molecule has 9 heteroatoms. The van der Waals surface area contributed by atoms with Crippen LogP contribution in [0.3, 0.4) is 0 Å². The van der Waals surface area contributed by atoms with Crippen LogP contribution in [-0.2, 0) is 9.59 Å². The number of hydroxylamine groups is 2. The summed E-state index contributed by atoms with van der Waals surface area (Å²) >= 11 is 0. The number of carbonyl (C=O) groups is 3. The van der Waals surface area contributed by atoms with E-state index in [1.54, 1.807) is 0 Å². The number of amides is 3. The van der Waals surface area contributed by atoms with Crippen LogP contribution in [-0.4, -0.2) is 40.1 Å². The fraction of sp³-hybridized carbons (Fsp3) is 0.125. The zero-order valence-corrected chi connectivity index (χ0v) is 12.9. The van der Waals surface area contributed by atoms with Crippen LogP contribution in [0.15, 0.2) is 36.4 Å². The zero-order chi connectivity index (χ0) is 18.1. The molecule has 3 amide bonds. The first-order valence-electron chi connectivity index (χ1n) is 7.11. The normalized spacial score (nSPS) is 16.4. The van der Waals surface area contributed by atoms with Gasteiger partial charge in [0, 0.05) is 11.8 Å². The number of aromatic nitrogens is 1. The van der Waals surface area contributed by atoms with Gasteiger partial charge in [0.05, 0.1) is 18.4 Å². The fourth-order valence-corrected chi connectivity index (χ4v) is 2.41. The molecular weight excluding hydrogens is 333 g/mol. The number of hydrogen-bond donors (Lipinski definition) is 2. The van der Waals surface area contributed by atoms with Crippen LogP contribution in [0.4, 0.5) is 10.1 Å². The molecule has 0 aliphatic carbocycles. The summed E-state index contributed by atoms with van der Waals surface area (Å²) < 4.78 is 17.9. The molecule has 25 heavy (non-hydrogen) atoms. The topological polar surface area (TPSA) is 109 Å². The monoisotopic (exact) mass is 345 g/mol. The van der Waals surface area contributed by atoms with E-state index in [1.807, 2.05) is 0 Å². The molecule has 1 aliphatic heterocycles. The summed E-state index contributed by atoms with van der Waals surface area (Å²) in [5, 5.41) is 12.0. The summed E-state index contributed by atoms with van der Waals surface area (Å²) in [7, 11) is 1.34. The second-order valence-electron chi connectivity index (χ2n) is 5.17. The van der Waals surface area contributed by atoms with Crippen molar-refractivity contribution in [3.63, 3.8) is 0 Å². The van der Waals surface area contributed by atoms with Gasteiger partial charge in [0.15, 0.2) is 5.92 Å². The van der Waals surface area contributed by atoms with Crippen molar-refractivity contribution in [2.45, 2.75) is 5.92 Å². The minimum Gasteiger partial charge on any atom is -0.481 e. The number of anilines is 1. The summed E-state index contributed by atoms with van der Waals surface area (Å²) in [4.78, 5) is 40.8. The number of ether oxygens (including phenoxy) is 1. The number of hydrogen-bond acceptors (Lipinski definition) is 6. The molecule has 0 bridgehead atoms. The van der Waals surface area contributed by atoms with Gasteiger partial charge in [-0.3, -0.25) is 19.6 Å². The highest BCUT2D eigenvalue weighted by atomic mass is 19.1. The summed E-state index contributed by atoms with van der Waals surface area (Å²) in [5.41, 5.74) is 0.0199. The minimum absolute atomic E-state index is 0.0952. The number of methoxy groups -OCH3 is 1. The maximum Gasteiger partial charge on any atom is 0.286 e. The maximum atomic E-state index is 12.9. The van der Waals surface area contributed by atoms with Crippen LogP contribution in [0.25, 0.3) is 0 Å². The highest BCUT2D eigenvalue weighted by molar-refractivity contribution is 6.20. The molecule has 0 saturated carbocycles. The van der Waals surface area contributed by atoms with Crippen molar-refractivity contribution < 1.29 is 28.7 Å². The number of rotatable bonds is 3. The lowest BCUT2D eigenvalue weighted by molar-refractivity contribution is -0.158. The van der Waals surface area contributed by atoms with Gasteiger partial charge in [-0.2, -0.15) is 5.06 Å². The Morgan fingerprint density at radius 1 is 1.24 bits per heavy atom. The number of halogens is 1. The SMILES string of the molecule is COc1ccc2c(n1)C(C(=O)Nc1ccc(F)cc1)C(=O)N(O)C2=O. The van der Waals surface area contributed by atoms with E-state index in [2.05, 4.69) is 10.3 Å². The van der Waals surface area contributed by atoms with Gasteiger partial charge in [0.25, 0.3) is 11.8 Å². The van der Waals surface area contributed by atoms with Gasteiger partial charge >= 0.3 is 0 Å². The van der Waals surface area contributed by atoms with Gasteiger partial charge in [-0.05, 0) is 30.3 Å². The van der Waals surface area contributed by atoms with E-state index in [9.17, 15) is 24.0 Å². The van der Waals surface area contributed by atoms with Crippen LogP contribution < -0.4 is 10.1 Å². The Morgan fingerprint density at radius 2 is 1.92 bits per heavy atom. The predicted octanol–water partition coefficient (Wildman–Crippen LogP) is 1.32. The van der Waals surface area contributed by atoms with Crippen molar-refractivity contribution in [1.29, 1.82) is 0 Å². The van der Waals surface area contributed by atoms with E-state index in [-0.39, 0.29) is 27.9 Å². The zero-order valence-electron chi connectivity index (χ0n) is 12.9. The molecule has 0 radical (unpaired) electrons. The minimum atomic E-state index is -1.56. The second-order valence-corrected chi connectivity index (χ2v) is 5.17. The largest absolute Gasteiger partial charge is 0.481 e. The van der Waals surface area contributed by atoms with Gasteiger partial charge in [-0.25, -0.2) is 9.37 Å². The third-order valence-electron chi connectivity index (χ3n) is 3.63. The Morgan fingerprint density at radius 3 is 2.56 bits per heavy atom. The van der Waals surface area contributed by atoms with E-state index in [4.69, 9.17) is 4.74 Å². The van der Waals surface area contributed by atoms with Crippen LogP contribution in [0.2, 0.25) is 0 Å². The molecule has 1 aliphatic rings. The van der Waals surface area contributed by atoms with E-state index in [0.29, 0.717) is 0 Å². The number of fused-ring (bicyclic) bond motifs is 1. The number of imide groups is 1. The molecular formula is C16H12FN3O5. The molecule has 0 saturated heterocycles. The smallest absolute Gasteiger partial charge is 0.286 e. The number of nitrogens with zero attached hydrogens (tertiary/aromatic N) is 2. The molecule has 1 atom stereocenters. The van der Waals surface area contributed by atoms with Gasteiger partial charge < -0.3 is 10.1 Å². The highest BCUT2D eigenvalue weighted by Gasteiger charge is 2.44. The lowest BCUT2D eigenvalue weighted by Crippen LogP contribution is -2.46. The molecule has 0 fully saturated rings. The van der Waals surface area contributed by atoms with Gasteiger partial charge in [-0.15, -0.1) is 0 Å². The first kappa shape index (κ1) is 16.5. The standard InChI is InChI=1S/C16H12FN3O5/c1-25-11-7-6-10-13(19-11)12(16(23)20(24)15(10)22)14(21)18-9-4-2-8(17)3-5-9/h2-7,12,24H,1H3,(H,18,21). The predicted molar refractivity (Wildman–Crippen MR) is 81.5 cm³/mol. The number of nitrogens with one attached hydrogen (secondary N) is 1. The third-order valence-corrected chi connectivity index (χ3v) is 3.63. The number of benzene rings is 1. The maximum absolute atomic E-state index is 12.9. The summed E-state index contributed by atoms with van der Waals surface area (Å²) in [6.45, 7) is 0. The van der Waals surface area contributed by atoms with Crippen molar-refractivity contribution in [3.05, 3.63) is 53.5 Å². The van der Waals surface area contributed by atoms with Crippen LogP contribution in [0.1, 0.15) is 22.0 Å². The molecule has 1 aromatic heterocycles. The van der Waals surface area contributed by atoms with Crippen molar-refractivity contribution in [3.8, 4) is 5.88 Å². The van der Waals surface area contributed by atoms with E-state index in [0.717, 1.165) is 12.1 Å². The van der Waals surface area contributed by atoms with Crippen molar-refractivity contribution >= 4 is 23.4 Å². The highest BCUT2D eigenvalue weighted by Crippen LogP contribution is 2.30. The molecule has 2 heterocycles. The Hall–Kier alpha value is -3.33. The molecule has 8 nitrogen and oxygen atoms in total. The van der Waals surface area contributed by atoms with E-state index in [1.165, 1.54) is 31.4 Å². The first-order valence-corrected chi connectivity index (χ1v) is 7.11. The lowest BCUT2D eigenvalue weighted by Gasteiger charge is -2.26. The summed E-state index contributed by atoms with van der Waals surface area (Å²) in [6.07, 6.45) is 0. The molecule has 2 N–H and O–H groups in total. The molecule has 1 aromatic carbocycles. The van der Waals surface area contributed by atoms with E-state index < -0.39 is 29.5 Å². The van der Waals surface area contributed by atoms with Crippen molar-refractivity contribution in [1.82, 2.24) is 10.0 Å². The molecule has 128 valence electrons. The van der Waals surface area contributed by atoms with E-state index >= 15 is 0 Å². The average molecular weight is 345 g/mol. The van der Waals surface area contributed by atoms with Gasteiger partial charge in [0.2, 0.25) is 11.8 Å². The molecule has 2 aromatic rings. The number of carbonyl (C=O) groups excluding carboxylic acids is 3. The Bertz CT molecular complexity index is 869. The van der Waals surface area contributed by atoms with Crippen molar-refractivity contribution in [2.24, 2.45) is 0 Å².